The number of rotatable bonds is 4. The van der Waals surface area contributed by atoms with Gasteiger partial charge in [0.15, 0.2) is 5.17 Å². The van der Waals surface area contributed by atoms with Crippen LogP contribution in [0.25, 0.3) is 10.6 Å². The van der Waals surface area contributed by atoms with Crippen LogP contribution in [-0.2, 0) is 0 Å². The number of ether oxygens (including phenoxy) is 2. The number of benzene rings is 2. The number of methoxy groups -OCH3 is 2. The molecule has 0 amide bonds. The molecule has 2 heterocycles. The van der Waals surface area contributed by atoms with E-state index in [4.69, 9.17) is 9.47 Å². The van der Waals surface area contributed by atoms with Crippen LogP contribution in [0, 0.1) is 0 Å². The molecule has 0 fully saturated rings. The molecule has 5 heteroatoms. The van der Waals surface area contributed by atoms with E-state index in [2.05, 4.69) is 34.2 Å². The summed E-state index contributed by atoms with van der Waals surface area (Å²) in [7, 11) is 3.37. The Morgan fingerprint density at radius 2 is 1.46 bits per heavy atom. The molecule has 0 saturated heterocycles. The minimum Gasteiger partial charge on any atom is -0.497 e. The molecule has 0 unspecified atom stereocenters. The van der Waals surface area contributed by atoms with Crippen molar-refractivity contribution in [1.82, 2.24) is 4.90 Å². The van der Waals surface area contributed by atoms with Crippen LogP contribution in [0.4, 0.5) is 0 Å². The second-order valence-corrected chi connectivity index (χ2v) is 6.53. The summed E-state index contributed by atoms with van der Waals surface area (Å²) in [6.45, 7) is 1.79. The second-order valence-electron chi connectivity index (χ2n) is 5.55. The van der Waals surface area contributed by atoms with Gasteiger partial charge in [0.05, 0.1) is 26.5 Å². The fourth-order valence-electron chi connectivity index (χ4n) is 2.96. The van der Waals surface area contributed by atoms with Gasteiger partial charge in [-0.1, -0.05) is 12.1 Å². The van der Waals surface area contributed by atoms with Crippen molar-refractivity contribution < 1.29 is 9.47 Å². The van der Waals surface area contributed by atoms with Gasteiger partial charge >= 0.3 is 0 Å². The fraction of sp³-hybridized carbons (Fsp3) is 0.211. The predicted octanol–water partition coefficient (Wildman–Crippen LogP) is 3.95. The van der Waals surface area contributed by atoms with Crippen molar-refractivity contribution in [2.24, 2.45) is 4.99 Å². The first-order valence-electron chi connectivity index (χ1n) is 7.83. The zero-order chi connectivity index (χ0) is 16.5. The van der Waals surface area contributed by atoms with E-state index in [1.54, 1.807) is 26.0 Å². The van der Waals surface area contributed by atoms with Gasteiger partial charge in [0.2, 0.25) is 0 Å². The molecule has 2 aliphatic rings. The molecule has 0 bridgehead atoms. The first kappa shape index (κ1) is 15.1. The average Bonchev–Trinajstić information content (AvgIpc) is 3.23. The topological polar surface area (TPSA) is 34.1 Å². The first-order valence-corrected chi connectivity index (χ1v) is 8.65. The molecule has 122 valence electrons. The Morgan fingerprint density at radius 3 is 2.04 bits per heavy atom. The zero-order valence-electron chi connectivity index (χ0n) is 13.7. The maximum Gasteiger partial charge on any atom is 0.168 e. The van der Waals surface area contributed by atoms with Crippen LogP contribution < -0.4 is 9.47 Å². The van der Waals surface area contributed by atoms with Crippen molar-refractivity contribution in [3.63, 3.8) is 0 Å². The van der Waals surface area contributed by atoms with E-state index in [1.807, 2.05) is 24.3 Å². The number of hydrogen-bond donors (Lipinski definition) is 0. The molecule has 4 nitrogen and oxygen atoms in total. The summed E-state index contributed by atoms with van der Waals surface area (Å²) < 4.78 is 10.6. The van der Waals surface area contributed by atoms with Crippen molar-refractivity contribution in [3.8, 4) is 11.5 Å². The molecule has 2 aromatic carbocycles. The normalized spacial score (nSPS) is 16.2. The summed E-state index contributed by atoms with van der Waals surface area (Å²) >= 11 is 1.74. The van der Waals surface area contributed by atoms with Crippen LogP contribution in [-0.4, -0.2) is 37.4 Å². The van der Waals surface area contributed by atoms with Gasteiger partial charge < -0.3 is 14.4 Å². The van der Waals surface area contributed by atoms with Crippen molar-refractivity contribution >= 4 is 27.5 Å². The first-order chi connectivity index (χ1) is 11.8. The molecule has 2 aliphatic heterocycles. The van der Waals surface area contributed by atoms with E-state index in [-0.39, 0.29) is 0 Å². The Hall–Kier alpha value is -2.40. The summed E-state index contributed by atoms with van der Waals surface area (Å²) in [5, 5.41) is 1.09. The lowest BCUT2D eigenvalue weighted by Gasteiger charge is -2.17. The summed E-state index contributed by atoms with van der Waals surface area (Å²) in [5.41, 5.74) is 3.59. The van der Waals surface area contributed by atoms with E-state index in [0.29, 0.717) is 0 Å². The third kappa shape index (κ3) is 2.55. The monoisotopic (exact) mass is 338 g/mol. The summed E-state index contributed by atoms with van der Waals surface area (Å²) in [6, 6.07) is 16.4. The molecule has 24 heavy (non-hydrogen) atoms. The molecule has 0 spiro atoms. The van der Waals surface area contributed by atoms with E-state index in [1.165, 1.54) is 21.7 Å². The Morgan fingerprint density at radius 1 is 0.875 bits per heavy atom. The second kappa shape index (κ2) is 6.24. The van der Waals surface area contributed by atoms with Crippen LogP contribution >= 0.6 is 11.8 Å². The van der Waals surface area contributed by atoms with E-state index in [9.17, 15) is 0 Å². The Balaban J connectivity index is 1.80. The molecule has 4 rings (SSSR count). The molecule has 0 atom stereocenters. The Bertz CT molecular complexity index is 810. The van der Waals surface area contributed by atoms with Crippen LogP contribution in [0.15, 0.2) is 53.5 Å². The lowest BCUT2D eigenvalue weighted by Crippen LogP contribution is -2.19. The minimum atomic E-state index is 0.859. The predicted molar refractivity (Wildman–Crippen MR) is 99.4 cm³/mol. The molecule has 0 radical (unpaired) electrons. The molecule has 2 aromatic rings. The number of hydrogen-bond acceptors (Lipinski definition) is 5. The zero-order valence-corrected chi connectivity index (χ0v) is 14.5. The van der Waals surface area contributed by atoms with E-state index >= 15 is 0 Å². The number of thioether (sulfide) groups is 1. The lowest BCUT2D eigenvalue weighted by molar-refractivity contribution is 0.414. The highest BCUT2D eigenvalue weighted by molar-refractivity contribution is 8.22. The van der Waals surface area contributed by atoms with E-state index < -0.39 is 0 Å². The smallest absolute Gasteiger partial charge is 0.168 e. The number of amidine groups is 1. The number of nitrogens with zero attached hydrogens (tertiary/aromatic N) is 2. The van der Waals surface area contributed by atoms with Crippen molar-refractivity contribution in [1.29, 1.82) is 0 Å². The van der Waals surface area contributed by atoms with Gasteiger partial charge in [0.25, 0.3) is 0 Å². The highest BCUT2D eigenvalue weighted by Crippen LogP contribution is 2.47. The number of aliphatic imine (C=N–C) groups is 1. The van der Waals surface area contributed by atoms with Crippen molar-refractivity contribution in [2.75, 3.05) is 27.3 Å². The SMILES string of the molecule is COc1ccc(C2=C(c3ccc(OC)cc3)N3CCN=C3S2)cc1. The summed E-state index contributed by atoms with van der Waals surface area (Å²) in [6.07, 6.45) is 0. The maximum atomic E-state index is 5.28. The summed E-state index contributed by atoms with van der Waals surface area (Å²) in [4.78, 5) is 8.18. The molecule has 0 N–H and O–H groups in total. The number of fused-ring (bicyclic) bond motifs is 1. The van der Waals surface area contributed by atoms with Crippen LogP contribution in [0.2, 0.25) is 0 Å². The van der Waals surface area contributed by atoms with Gasteiger partial charge in [-0.15, -0.1) is 0 Å². The van der Waals surface area contributed by atoms with Gasteiger partial charge in [-0.05, 0) is 59.3 Å². The van der Waals surface area contributed by atoms with Gasteiger partial charge in [0, 0.05) is 11.4 Å². The summed E-state index contributed by atoms with van der Waals surface area (Å²) in [5.74, 6) is 1.73. The van der Waals surface area contributed by atoms with E-state index in [0.717, 1.165) is 29.8 Å². The largest absolute Gasteiger partial charge is 0.497 e. The van der Waals surface area contributed by atoms with Gasteiger partial charge in [-0.2, -0.15) is 0 Å². The minimum absolute atomic E-state index is 0.859. The van der Waals surface area contributed by atoms with Crippen molar-refractivity contribution in [2.45, 2.75) is 0 Å². The third-order valence-corrected chi connectivity index (χ3v) is 5.36. The maximum absolute atomic E-state index is 5.28. The fourth-order valence-corrected chi connectivity index (χ4v) is 4.17. The quantitative estimate of drug-likeness (QED) is 0.845. The third-order valence-electron chi connectivity index (χ3n) is 4.20. The molecular formula is C19H18N2O2S. The molecule has 0 saturated carbocycles. The molecule has 0 aliphatic carbocycles. The molecular weight excluding hydrogens is 320 g/mol. The van der Waals surface area contributed by atoms with Crippen molar-refractivity contribution in [3.05, 3.63) is 59.7 Å². The van der Waals surface area contributed by atoms with Gasteiger partial charge in [0.1, 0.15) is 11.5 Å². The van der Waals surface area contributed by atoms with Crippen LogP contribution in [0.1, 0.15) is 11.1 Å². The Kier molecular flexibility index (Phi) is 3.94. The standard InChI is InChI=1S/C19H18N2O2S/c1-22-15-7-3-13(4-8-15)17-18(24-19-20-11-12-21(17)19)14-5-9-16(23-2)10-6-14/h3-10H,11-12H2,1-2H3. The highest BCUT2D eigenvalue weighted by Gasteiger charge is 2.33. The van der Waals surface area contributed by atoms with Gasteiger partial charge in [-0.25, -0.2) is 0 Å². The molecule has 0 aromatic heterocycles. The Labute approximate surface area is 145 Å². The van der Waals surface area contributed by atoms with Crippen LogP contribution in [0.3, 0.4) is 0 Å². The lowest BCUT2D eigenvalue weighted by atomic mass is 10.1. The van der Waals surface area contributed by atoms with Gasteiger partial charge in [-0.3, -0.25) is 4.99 Å². The highest BCUT2D eigenvalue weighted by atomic mass is 32.2. The van der Waals surface area contributed by atoms with Crippen LogP contribution in [0.5, 0.6) is 11.5 Å². The average molecular weight is 338 g/mol.